The fraction of sp³-hybridized carbons (Fsp3) is 0.111. The van der Waals surface area contributed by atoms with Crippen LogP contribution in [0.25, 0.3) is 6.08 Å². The molecule has 2 rings (SSSR count). The molecule has 6 heteroatoms. The van der Waals surface area contributed by atoms with Gasteiger partial charge in [0.05, 0.1) is 11.3 Å². The van der Waals surface area contributed by atoms with Crippen molar-refractivity contribution in [2.75, 3.05) is 5.32 Å². The monoisotopic (exact) mass is 333 g/mol. The summed E-state index contributed by atoms with van der Waals surface area (Å²) < 4.78 is 37.4. The number of amides is 1. The number of benzene rings is 2. The van der Waals surface area contributed by atoms with Crippen molar-refractivity contribution in [1.82, 2.24) is 0 Å². The molecule has 0 fully saturated rings. The van der Waals surface area contributed by atoms with Gasteiger partial charge in [-0.25, -0.2) is 0 Å². The maximum Gasteiger partial charge on any atom is 0.416 e. The van der Waals surface area contributed by atoms with Gasteiger partial charge in [-0.3, -0.25) is 9.59 Å². The number of hydrogen-bond donors (Lipinski definition) is 1. The van der Waals surface area contributed by atoms with Gasteiger partial charge in [-0.05, 0) is 42.8 Å². The maximum absolute atomic E-state index is 12.5. The molecule has 0 bridgehead atoms. The molecule has 24 heavy (non-hydrogen) atoms. The second-order valence-electron chi connectivity index (χ2n) is 5.04. The minimum Gasteiger partial charge on any atom is -0.322 e. The highest BCUT2D eigenvalue weighted by Crippen LogP contribution is 2.29. The van der Waals surface area contributed by atoms with Gasteiger partial charge in [0.1, 0.15) is 0 Å². The molecule has 0 aromatic heterocycles. The smallest absolute Gasteiger partial charge is 0.322 e. The molecular formula is C18H14F3NO2. The quantitative estimate of drug-likeness (QED) is 0.658. The zero-order valence-corrected chi connectivity index (χ0v) is 12.7. The topological polar surface area (TPSA) is 46.2 Å². The fourth-order valence-electron chi connectivity index (χ4n) is 2.03. The van der Waals surface area contributed by atoms with E-state index in [1.165, 1.54) is 31.2 Å². The van der Waals surface area contributed by atoms with Gasteiger partial charge in [0.2, 0.25) is 5.91 Å². The molecule has 1 amide bonds. The standard InChI is InChI=1S/C18H14F3NO2/c1-12(23)15-4-2-3-5-16(15)22-17(24)11-8-13-6-9-14(10-7-13)18(19,20)21/h2-11H,1H3,(H,22,24)/b11-8+. The van der Waals surface area contributed by atoms with Crippen LogP contribution >= 0.6 is 0 Å². The van der Waals surface area contributed by atoms with Crippen LogP contribution in [-0.2, 0) is 11.0 Å². The second kappa shape index (κ2) is 7.12. The maximum atomic E-state index is 12.5. The molecule has 0 aliphatic heterocycles. The molecule has 0 atom stereocenters. The number of para-hydroxylation sites is 1. The summed E-state index contributed by atoms with van der Waals surface area (Å²) in [7, 11) is 0. The summed E-state index contributed by atoms with van der Waals surface area (Å²) in [4.78, 5) is 23.4. The Morgan fingerprint density at radius 2 is 1.62 bits per heavy atom. The molecule has 1 N–H and O–H groups in total. The average molecular weight is 333 g/mol. The Kier molecular flexibility index (Phi) is 5.18. The molecule has 0 aliphatic carbocycles. The summed E-state index contributed by atoms with van der Waals surface area (Å²) >= 11 is 0. The summed E-state index contributed by atoms with van der Waals surface area (Å²) in [6, 6.07) is 11.0. The van der Waals surface area contributed by atoms with Crippen molar-refractivity contribution in [2.24, 2.45) is 0 Å². The van der Waals surface area contributed by atoms with Crippen molar-refractivity contribution in [2.45, 2.75) is 13.1 Å². The predicted octanol–water partition coefficient (Wildman–Crippen LogP) is 4.56. The van der Waals surface area contributed by atoms with Crippen molar-refractivity contribution in [3.8, 4) is 0 Å². The normalized spacial score (nSPS) is 11.5. The van der Waals surface area contributed by atoms with Gasteiger partial charge in [0.15, 0.2) is 5.78 Å². The van der Waals surface area contributed by atoms with E-state index in [2.05, 4.69) is 5.32 Å². The van der Waals surface area contributed by atoms with Crippen LogP contribution in [0.15, 0.2) is 54.6 Å². The Hall–Kier alpha value is -2.89. The van der Waals surface area contributed by atoms with E-state index in [9.17, 15) is 22.8 Å². The first-order valence-corrected chi connectivity index (χ1v) is 7.03. The van der Waals surface area contributed by atoms with Crippen LogP contribution in [0.3, 0.4) is 0 Å². The highest BCUT2D eigenvalue weighted by Gasteiger charge is 2.29. The van der Waals surface area contributed by atoms with E-state index in [0.717, 1.165) is 12.1 Å². The molecule has 0 saturated heterocycles. The number of ketones is 1. The van der Waals surface area contributed by atoms with Crippen molar-refractivity contribution < 1.29 is 22.8 Å². The molecule has 0 saturated carbocycles. The van der Waals surface area contributed by atoms with Gasteiger partial charge in [-0.15, -0.1) is 0 Å². The van der Waals surface area contributed by atoms with Crippen LogP contribution in [0.2, 0.25) is 0 Å². The van der Waals surface area contributed by atoms with Crippen LogP contribution in [-0.4, -0.2) is 11.7 Å². The number of anilines is 1. The first kappa shape index (κ1) is 17.5. The number of carbonyl (C=O) groups is 2. The lowest BCUT2D eigenvalue weighted by molar-refractivity contribution is -0.137. The summed E-state index contributed by atoms with van der Waals surface area (Å²) in [5.41, 5.74) is 0.471. The number of Topliss-reactive ketones (excluding diaryl/α,β-unsaturated/α-hetero) is 1. The third kappa shape index (κ3) is 4.55. The fourth-order valence-corrected chi connectivity index (χ4v) is 2.03. The molecule has 0 spiro atoms. The first-order chi connectivity index (χ1) is 11.3. The predicted molar refractivity (Wildman–Crippen MR) is 85.6 cm³/mol. The third-order valence-corrected chi connectivity index (χ3v) is 3.23. The Morgan fingerprint density at radius 3 is 2.21 bits per heavy atom. The lowest BCUT2D eigenvalue weighted by atomic mass is 10.1. The minimum atomic E-state index is -4.39. The zero-order valence-electron chi connectivity index (χ0n) is 12.7. The molecule has 0 heterocycles. The summed E-state index contributed by atoms with van der Waals surface area (Å²) in [5.74, 6) is -0.666. The molecule has 2 aromatic carbocycles. The molecular weight excluding hydrogens is 319 g/mol. The molecule has 3 nitrogen and oxygen atoms in total. The zero-order chi connectivity index (χ0) is 17.7. The van der Waals surface area contributed by atoms with Gasteiger partial charge >= 0.3 is 6.18 Å². The van der Waals surface area contributed by atoms with E-state index >= 15 is 0 Å². The number of carbonyl (C=O) groups excluding carboxylic acids is 2. The van der Waals surface area contributed by atoms with Crippen molar-refractivity contribution >= 4 is 23.5 Å². The summed E-state index contributed by atoms with van der Waals surface area (Å²) in [5, 5.41) is 2.57. The lowest BCUT2D eigenvalue weighted by Crippen LogP contribution is -2.11. The Bertz CT molecular complexity index is 778. The highest BCUT2D eigenvalue weighted by molar-refractivity contribution is 6.07. The highest BCUT2D eigenvalue weighted by atomic mass is 19.4. The van der Waals surface area contributed by atoms with E-state index < -0.39 is 17.6 Å². The molecule has 0 aliphatic rings. The number of halogens is 3. The second-order valence-corrected chi connectivity index (χ2v) is 5.04. The van der Waals surface area contributed by atoms with Crippen LogP contribution in [0, 0.1) is 0 Å². The lowest BCUT2D eigenvalue weighted by Gasteiger charge is -2.07. The number of hydrogen-bond acceptors (Lipinski definition) is 2. The molecule has 0 unspecified atom stereocenters. The van der Waals surface area contributed by atoms with Gasteiger partial charge in [-0.2, -0.15) is 13.2 Å². The minimum absolute atomic E-state index is 0.183. The third-order valence-electron chi connectivity index (χ3n) is 3.23. The first-order valence-electron chi connectivity index (χ1n) is 7.03. The summed E-state index contributed by atoms with van der Waals surface area (Å²) in [6.45, 7) is 1.39. The van der Waals surface area contributed by atoms with Crippen molar-refractivity contribution in [1.29, 1.82) is 0 Å². The van der Waals surface area contributed by atoms with Crippen LogP contribution < -0.4 is 5.32 Å². The van der Waals surface area contributed by atoms with Gasteiger partial charge in [0.25, 0.3) is 0 Å². The Balaban J connectivity index is 2.07. The number of nitrogens with one attached hydrogen (secondary N) is 1. The SMILES string of the molecule is CC(=O)c1ccccc1NC(=O)/C=C/c1ccc(C(F)(F)F)cc1. The van der Waals surface area contributed by atoms with Crippen molar-refractivity contribution in [3.63, 3.8) is 0 Å². The Morgan fingerprint density at radius 1 is 1.00 bits per heavy atom. The van der Waals surface area contributed by atoms with E-state index in [1.807, 2.05) is 0 Å². The average Bonchev–Trinajstić information content (AvgIpc) is 2.53. The van der Waals surface area contributed by atoms with Crippen molar-refractivity contribution in [3.05, 3.63) is 71.3 Å². The number of alkyl halides is 3. The van der Waals surface area contributed by atoms with Gasteiger partial charge in [-0.1, -0.05) is 24.3 Å². The van der Waals surface area contributed by atoms with Crippen LogP contribution in [0.5, 0.6) is 0 Å². The van der Waals surface area contributed by atoms with E-state index in [4.69, 9.17) is 0 Å². The van der Waals surface area contributed by atoms with Crippen LogP contribution in [0.4, 0.5) is 18.9 Å². The largest absolute Gasteiger partial charge is 0.416 e. The van der Waals surface area contributed by atoms with E-state index in [1.54, 1.807) is 24.3 Å². The number of rotatable bonds is 4. The van der Waals surface area contributed by atoms with Crippen LogP contribution in [0.1, 0.15) is 28.4 Å². The summed E-state index contributed by atoms with van der Waals surface area (Å²) in [6.07, 6.45) is -1.80. The molecule has 124 valence electrons. The van der Waals surface area contributed by atoms with E-state index in [-0.39, 0.29) is 5.78 Å². The Labute approximate surface area is 136 Å². The molecule has 2 aromatic rings. The molecule has 0 radical (unpaired) electrons. The van der Waals surface area contributed by atoms with Gasteiger partial charge < -0.3 is 5.32 Å². The van der Waals surface area contributed by atoms with Gasteiger partial charge in [0, 0.05) is 11.6 Å². The van der Waals surface area contributed by atoms with E-state index in [0.29, 0.717) is 16.8 Å².